The number of ether oxygens (including phenoxy) is 1. The average molecular weight is 313 g/mol. The number of piperidine rings is 1. The van der Waals surface area contributed by atoms with Crippen LogP contribution in [0.1, 0.15) is 31.7 Å². The monoisotopic (exact) mass is 312 g/mol. The van der Waals surface area contributed by atoms with Gasteiger partial charge in [-0.3, -0.25) is 4.79 Å². The zero-order valence-electron chi connectivity index (χ0n) is 12.7. The van der Waals surface area contributed by atoms with Gasteiger partial charge in [0.15, 0.2) is 0 Å². The van der Waals surface area contributed by atoms with Crippen LogP contribution in [0.2, 0.25) is 0 Å². The Labute approximate surface area is 133 Å². The highest BCUT2D eigenvalue weighted by Gasteiger charge is 2.20. The lowest BCUT2D eigenvalue weighted by atomic mass is 10.0. The second-order valence-corrected chi connectivity index (χ2v) is 5.49. The zero-order valence-corrected chi connectivity index (χ0v) is 13.5. The highest BCUT2D eigenvalue weighted by Crippen LogP contribution is 2.13. The van der Waals surface area contributed by atoms with Gasteiger partial charge in [-0.1, -0.05) is 24.1 Å². The van der Waals surface area contributed by atoms with E-state index in [2.05, 4.69) is 10.6 Å². The predicted octanol–water partition coefficient (Wildman–Crippen LogP) is 2.44. The fourth-order valence-electron chi connectivity index (χ4n) is 2.33. The molecule has 0 aliphatic carbocycles. The maximum absolute atomic E-state index is 12.0. The van der Waals surface area contributed by atoms with Crippen LogP contribution in [-0.2, 0) is 4.79 Å². The van der Waals surface area contributed by atoms with Gasteiger partial charge in [-0.15, -0.1) is 12.4 Å². The average Bonchev–Trinajstić information content (AvgIpc) is 2.48. The lowest BCUT2D eigenvalue weighted by molar-refractivity contribution is -0.124. The molecule has 0 bridgehead atoms. The molecular formula is C16H25ClN2O2. The molecule has 2 atom stereocenters. The SMILES string of the molecule is Cc1ccc(OC(C)CNC(=O)C2CCCCN2)cc1.Cl. The number of hydrogen-bond donors (Lipinski definition) is 2. The molecule has 4 nitrogen and oxygen atoms in total. The number of halogens is 1. The molecule has 1 aliphatic heterocycles. The van der Waals surface area contributed by atoms with Crippen LogP contribution in [0, 0.1) is 6.92 Å². The normalized spacial score (nSPS) is 19.2. The van der Waals surface area contributed by atoms with Crippen LogP contribution in [0.25, 0.3) is 0 Å². The van der Waals surface area contributed by atoms with Gasteiger partial charge in [-0.25, -0.2) is 0 Å². The summed E-state index contributed by atoms with van der Waals surface area (Å²) < 4.78 is 5.77. The van der Waals surface area contributed by atoms with E-state index in [0.717, 1.165) is 31.6 Å². The highest BCUT2D eigenvalue weighted by atomic mass is 35.5. The van der Waals surface area contributed by atoms with Crippen molar-refractivity contribution in [3.05, 3.63) is 29.8 Å². The maximum Gasteiger partial charge on any atom is 0.237 e. The molecule has 2 N–H and O–H groups in total. The van der Waals surface area contributed by atoms with Crippen molar-refractivity contribution in [1.82, 2.24) is 10.6 Å². The van der Waals surface area contributed by atoms with Crippen LogP contribution in [0.4, 0.5) is 0 Å². The van der Waals surface area contributed by atoms with Gasteiger partial charge in [0.05, 0.1) is 12.6 Å². The summed E-state index contributed by atoms with van der Waals surface area (Å²) in [5.41, 5.74) is 1.21. The maximum atomic E-state index is 12.0. The Morgan fingerprint density at radius 3 is 2.71 bits per heavy atom. The first-order valence-electron chi connectivity index (χ1n) is 7.39. The molecule has 2 rings (SSSR count). The summed E-state index contributed by atoms with van der Waals surface area (Å²) in [5.74, 6) is 0.928. The molecule has 0 aromatic heterocycles. The summed E-state index contributed by atoms with van der Waals surface area (Å²) in [6.07, 6.45) is 3.18. The van der Waals surface area contributed by atoms with E-state index in [4.69, 9.17) is 4.74 Å². The number of benzene rings is 1. The Kier molecular flexibility index (Phi) is 7.54. The standard InChI is InChI=1S/C16H24N2O2.ClH/c1-12-6-8-14(9-7-12)20-13(2)11-18-16(19)15-5-3-4-10-17-15;/h6-9,13,15,17H,3-5,10-11H2,1-2H3,(H,18,19);1H. The summed E-state index contributed by atoms with van der Waals surface area (Å²) in [6.45, 7) is 5.48. The third-order valence-electron chi connectivity index (χ3n) is 3.55. The van der Waals surface area contributed by atoms with Crippen LogP contribution in [0.3, 0.4) is 0 Å². The Balaban J connectivity index is 0.00000220. The summed E-state index contributed by atoms with van der Waals surface area (Å²) in [7, 11) is 0. The van der Waals surface area contributed by atoms with E-state index >= 15 is 0 Å². The van der Waals surface area contributed by atoms with Crippen LogP contribution >= 0.6 is 12.4 Å². The summed E-state index contributed by atoms with van der Waals surface area (Å²) in [5, 5.41) is 6.20. The highest BCUT2D eigenvalue weighted by molar-refractivity contribution is 5.85. The number of hydrogen-bond acceptors (Lipinski definition) is 3. The van der Waals surface area contributed by atoms with Crippen LogP contribution < -0.4 is 15.4 Å². The minimum atomic E-state index is -0.0368. The Morgan fingerprint density at radius 2 is 2.10 bits per heavy atom. The molecule has 1 saturated heterocycles. The topological polar surface area (TPSA) is 50.4 Å². The quantitative estimate of drug-likeness (QED) is 0.878. The molecule has 21 heavy (non-hydrogen) atoms. The smallest absolute Gasteiger partial charge is 0.237 e. The van der Waals surface area contributed by atoms with E-state index in [1.165, 1.54) is 5.56 Å². The predicted molar refractivity (Wildman–Crippen MR) is 87.2 cm³/mol. The number of rotatable bonds is 5. The van der Waals surface area contributed by atoms with Gasteiger partial charge in [-0.05, 0) is 45.4 Å². The molecule has 5 heteroatoms. The molecule has 118 valence electrons. The Hall–Kier alpha value is -1.26. The molecule has 1 aliphatic rings. The van der Waals surface area contributed by atoms with Crippen molar-refractivity contribution in [2.45, 2.75) is 45.3 Å². The van der Waals surface area contributed by atoms with Crippen molar-refractivity contribution < 1.29 is 9.53 Å². The summed E-state index contributed by atoms with van der Waals surface area (Å²) in [4.78, 5) is 12.0. The van der Waals surface area contributed by atoms with Gasteiger partial charge in [0, 0.05) is 0 Å². The molecule has 1 aromatic rings. The third kappa shape index (κ3) is 5.94. The zero-order chi connectivity index (χ0) is 14.4. The minimum absolute atomic E-state index is 0. The molecular weight excluding hydrogens is 288 g/mol. The van der Waals surface area contributed by atoms with Gasteiger partial charge in [0.1, 0.15) is 11.9 Å². The summed E-state index contributed by atoms with van der Waals surface area (Å²) >= 11 is 0. The molecule has 2 unspecified atom stereocenters. The first-order valence-corrected chi connectivity index (χ1v) is 7.39. The van der Waals surface area contributed by atoms with Gasteiger partial charge in [-0.2, -0.15) is 0 Å². The van der Waals surface area contributed by atoms with Gasteiger partial charge >= 0.3 is 0 Å². The molecule has 0 saturated carbocycles. The molecule has 0 radical (unpaired) electrons. The van der Waals surface area contributed by atoms with E-state index in [1.54, 1.807) is 0 Å². The van der Waals surface area contributed by atoms with Crippen LogP contribution in [0.5, 0.6) is 5.75 Å². The Morgan fingerprint density at radius 1 is 1.38 bits per heavy atom. The number of aryl methyl sites for hydroxylation is 1. The van der Waals surface area contributed by atoms with E-state index in [9.17, 15) is 4.79 Å². The lowest BCUT2D eigenvalue weighted by Crippen LogP contribution is -2.48. The molecule has 1 heterocycles. The van der Waals surface area contributed by atoms with Crippen LogP contribution in [-0.4, -0.2) is 31.1 Å². The second kappa shape index (κ2) is 8.90. The molecule has 0 spiro atoms. The molecule has 1 amide bonds. The van der Waals surface area contributed by atoms with E-state index in [1.807, 2.05) is 38.1 Å². The first kappa shape index (κ1) is 17.8. The fourth-order valence-corrected chi connectivity index (χ4v) is 2.33. The van der Waals surface area contributed by atoms with Gasteiger partial charge < -0.3 is 15.4 Å². The van der Waals surface area contributed by atoms with E-state index in [-0.39, 0.29) is 30.5 Å². The van der Waals surface area contributed by atoms with E-state index < -0.39 is 0 Å². The lowest BCUT2D eigenvalue weighted by Gasteiger charge is -2.23. The molecule has 1 aromatic carbocycles. The fraction of sp³-hybridized carbons (Fsp3) is 0.562. The number of nitrogens with one attached hydrogen (secondary N) is 2. The Bertz CT molecular complexity index is 430. The number of amides is 1. The van der Waals surface area contributed by atoms with Crippen molar-refractivity contribution in [2.24, 2.45) is 0 Å². The van der Waals surface area contributed by atoms with Crippen LogP contribution in [0.15, 0.2) is 24.3 Å². The van der Waals surface area contributed by atoms with Gasteiger partial charge in [0.2, 0.25) is 5.91 Å². The van der Waals surface area contributed by atoms with Crippen molar-refractivity contribution in [3.63, 3.8) is 0 Å². The largest absolute Gasteiger partial charge is 0.489 e. The minimum Gasteiger partial charge on any atom is -0.489 e. The van der Waals surface area contributed by atoms with E-state index in [0.29, 0.717) is 6.54 Å². The number of carbonyl (C=O) groups excluding carboxylic acids is 1. The van der Waals surface area contributed by atoms with Crippen molar-refractivity contribution >= 4 is 18.3 Å². The second-order valence-electron chi connectivity index (χ2n) is 5.49. The number of carbonyl (C=O) groups is 1. The van der Waals surface area contributed by atoms with Crippen molar-refractivity contribution in [1.29, 1.82) is 0 Å². The van der Waals surface area contributed by atoms with Crippen molar-refractivity contribution in [2.75, 3.05) is 13.1 Å². The summed E-state index contributed by atoms with van der Waals surface area (Å²) in [6, 6.07) is 7.92. The first-order chi connectivity index (χ1) is 9.65. The van der Waals surface area contributed by atoms with Crippen molar-refractivity contribution in [3.8, 4) is 5.75 Å². The molecule has 1 fully saturated rings. The third-order valence-corrected chi connectivity index (χ3v) is 3.55. The van der Waals surface area contributed by atoms with Gasteiger partial charge in [0.25, 0.3) is 0 Å².